The van der Waals surface area contributed by atoms with Gasteiger partial charge in [0.2, 0.25) is 0 Å². The maximum atomic E-state index is 11.9. The minimum Gasteiger partial charge on any atom is -0.378 e. The van der Waals surface area contributed by atoms with E-state index >= 15 is 0 Å². The second-order valence-corrected chi connectivity index (χ2v) is 6.10. The highest BCUT2D eigenvalue weighted by molar-refractivity contribution is 14.0. The SMILES string of the molecule is CCNC(=O)c1cccc(CNC(=NC)N2CCC(OCC)CC2)c1.I. The molecule has 1 heterocycles. The van der Waals surface area contributed by atoms with Gasteiger partial charge in [-0.2, -0.15) is 0 Å². The molecule has 0 aliphatic carbocycles. The average molecular weight is 474 g/mol. The number of carbonyl (C=O) groups is 1. The summed E-state index contributed by atoms with van der Waals surface area (Å²) in [6.07, 6.45) is 2.43. The molecule has 26 heavy (non-hydrogen) atoms. The summed E-state index contributed by atoms with van der Waals surface area (Å²) in [6, 6.07) is 7.69. The molecule has 0 atom stereocenters. The van der Waals surface area contributed by atoms with E-state index in [1.54, 1.807) is 0 Å². The zero-order valence-electron chi connectivity index (χ0n) is 16.0. The fraction of sp³-hybridized carbons (Fsp3) is 0.579. The molecule has 7 heteroatoms. The first-order valence-electron chi connectivity index (χ1n) is 9.12. The number of hydrogen-bond acceptors (Lipinski definition) is 3. The standard InChI is InChI=1S/C19H30N4O2.HI/c1-4-21-18(24)16-8-6-7-15(13-16)14-22-19(20-3)23-11-9-17(10-12-23)25-5-2;/h6-8,13,17H,4-5,9-12,14H2,1-3H3,(H,20,22)(H,21,24);1H. The minimum absolute atomic E-state index is 0. The van der Waals surface area contributed by atoms with Crippen molar-refractivity contribution in [1.29, 1.82) is 0 Å². The van der Waals surface area contributed by atoms with E-state index in [1.807, 2.05) is 45.2 Å². The van der Waals surface area contributed by atoms with Gasteiger partial charge in [0.05, 0.1) is 6.10 Å². The molecule has 0 radical (unpaired) electrons. The van der Waals surface area contributed by atoms with Crippen LogP contribution in [0.1, 0.15) is 42.6 Å². The number of likely N-dealkylation sites (tertiary alicyclic amines) is 1. The molecule has 0 spiro atoms. The van der Waals surface area contributed by atoms with E-state index in [-0.39, 0.29) is 29.9 Å². The summed E-state index contributed by atoms with van der Waals surface area (Å²) in [4.78, 5) is 18.6. The molecule has 1 fully saturated rings. The Morgan fingerprint density at radius 3 is 2.62 bits per heavy atom. The van der Waals surface area contributed by atoms with Crippen molar-refractivity contribution in [1.82, 2.24) is 15.5 Å². The van der Waals surface area contributed by atoms with Gasteiger partial charge in [0, 0.05) is 45.4 Å². The van der Waals surface area contributed by atoms with Gasteiger partial charge in [0.25, 0.3) is 5.91 Å². The van der Waals surface area contributed by atoms with E-state index in [0.717, 1.165) is 44.1 Å². The number of nitrogens with one attached hydrogen (secondary N) is 2. The lowest BCUT2D eigenvalue weighted by molar-refractivity contribution is 0.0263. The van der Waals surface area contributed by atoms with E-state index in [0.29, 0.717) is 24.8 Å². The first-order valence-corrected chi connectivity index (χ1v) is 9.12. The Bertz CT molecular complexity index is 587. The van der Waals surface area contributed by atoms with Crippen LogP contribution in [0, 0.1) is 0 Å². The van der Waals surface area contributed by atoms with Crippen LogP contribution in [0.25, 0.3) is 0 Å². The average Bonchev–Trinajstić information content (AvgIpc) is 2.64. The van der Waals surface area contributed by atoms with Crippen LogP contribution in [-0.4, -0.2) is 56.2 Å². The fourth-order valence-corrected chi connectivity index (χ4v) is 3.07. The van der Waals surface area contributed by atoms with Crippen molar-refractivity contribution in [3.05, 3.63) is 35.4 Å². The molecule has 2 N–H and O–H groups in total. The Hall–Kier alpha value is -1.35. The largest absolute Gasteiger partial charge is 0.378 e. The number of hydrogen-bond donors (Lipinski definition) is 2. The Balaban J connectivity index is 0.00000338. The van der Waals surface area contributed by atoms with Crippen LogP contribution in [0.3, 0.4) is 0 Å². The van der Waals surface area contributed by atoms with Crippen LogP contribution in [0.5, 0.6) is 0 Å². The molecule has 1 aliphatic rings. The van der Waals surface area contributed by atoms with Crippen molar-refractivity contribution < 1.29 is 9.53 Å². The second-order valence-electron chi connectivity index (χ2n) is 6.10. The number of piperidine rings is 1. The molecular formula is C19H31IN4O2. The number of rotatable bonds is 6. The van der Waals surface area contributed by atoms with E-state index in [2.05, 4.69) is 20.5 Å². The normalized spacial score (nSPS) is 15.3. The molecule has 0 bridgehead atoms. The number of guanidine groups is 1. The Morgan fingerprint density at radius 1 is 1.27 bits per heavy atom. The summed E-state index contributed by atoms with van der Waals surface area (Å²) in [6.45, 7) is 7.91. The summed E-state index contributed by atoms with van der Waals surface area (Å²) in [5, 5.41) is 6.23. The number of aliphatic imine (C=N–C) groups is 1. The van der Waals surface area contributed by atoms with Gasteiger partial charge in [-0.3, -0.25) is 9.79 Å². The van der Waals surface area contributed by atoms with Gasteiger partial charge in [-0.15, -0.1) is 24.0 Å². The molecule has 0 aromatic heterocycles. The van der Waals surface area contributed by atoms with Gasteiger partial charge in [0.15, 0.2) is 5.96 Å². The summed E-state index contributed by atoms with van der Waals surface area (Å²) in [5.74, 6) is 0.866. The number of nitrogens with zero attached hydrogens (tertiary/aromatic N) is 2. The Morgan fingerprint density at radius 2 is 2.00 bits per heavy atom. The van der Waals surface area contributed by atoms with Gasteiger partial charge in [-0.25, -0.2) is 0 Å². The van der Waals surface area contributed by atoms with Gasteiger partial charge in [-0.05, 0) is 44.4 Å². The molecule has 2 rings (SSSR count). The van der Waals surface area contributed by atoms with Crippen molar-refractivity contribution in [2.75, 3.05) is 33.3 Å². The maximum Gasteiger partial charge on any atom is 0.251 e. The number of halogens is 1. The highest BCUT2D eigenvalue weighted by Gasteiger charge is 2.21. The molecule has 146 valence electrons. The lowest BCUT2D eigenvalue weighted by Crippen LogP contribution is -2.46. The molecule has 0 unspecified atom stereocenters. The zero-order chi connectivity index (χ0) is 18.1. The fourth-order valence-electron chi connectivity index (χ4n) is 3.07. The summed E-state index contributed by atoms with van der Waals surface area (Å²) in [7, 11) is 1.81. The topological polar surface area (TPSA) is 66.0 Å². The molecule has 1 aromatic rings. The molecule has 0 saturated carbocycles. The second kappa shape index (κ2) is 12.1. The Labute approximate surface area is 173 Å². The molecule has 1 aromatic carbocycles. The van der Waals surface area contributed by atoms with Gasteiger partial charge in [-0.1, -0.05) is 12.1 Å². The highest BCUT2D eigenvalue weighted by atomic mass is 127. The lowest BCUT2D eigenvalue weighted by Gasteiger charge is -2.34. The van der Waals surface area contributed by atoms with E-state index < -0.39 is 0 Å². The van der Waals surface area contributed by atoms with E-state index in [4.69, 9.17) is 4.74 Å². The van der Waals surface area contributed by atoms with Gasteiger partial charge in [0.1, 0.15) is 0 Å². The Kier molecular flexibility index (Phi) is 10.6. The van der Waals surface area contributed by atoms with Gasteiger partial charge >= 0.3 is 0 Å². The predicted molar refractivity (Wildman–Crippen MR) is 116 cm³/mol. The van der Waals surface area contributed by atoms with Crippen LogP contribution < -0.4 is 10.6 Å². The molecular weight excluding hydrogens is 443 g/mol. The molecule has 6 nitrogen and oxygen atoms in total. The molecule has 1 amide bonds. The van der Waals surface area contributed by atoms with Crippen molar-refractivity contribution in [3.63, 3.8) is 0 Å². The van der Waals surface area contributed by atoms with Gasteiger partial charge < -0.3 is 20.3 Å². The quantitative estimate of drug-likeness (QED) is 0.378. The smallest absolute Gasteiger partial charge is 0.251 e. The monoisotopic (exact) mass is 474 g/mol. The number of carbonyl (C=O) groups excluding carboxylic acids is 1. The van der Waals surface area contributed by atoms with Crippen molar-refractivity contribution in [2.45, 2.75) is 39.3 Å². The molecule has 1 aliphatic heterocycles. The van der Waals surface area contributed by atoms with Crippen molar-refractivity contribution in [2.24, 2.45) is 4.99 Å². The van der Waals surface area contributed by atoms with Crippen LogP contribution in [0.15, 0.2) is 29.3 Å². The third kappa shape index (κ3) is 6.75. The van der Waals surface area contributed by atoms with Crippen LogP contribution in [0.4, 0.5) is 0 Å². The third-order valence-electron chi connectivity index (χ3n) is 4.33. The van der Waals surface area contributed by atoms with Crippen LogP contribution >= 0.6 is 24.0 Å². The number of benzene rings is 1. The maximum absolute atomic E-state index is 11.9. The first kappa shape index (κ1) is 22.7. The first-order chi connectivity index (χ1) is 12.2. The summed E-state index contributed by atoms with van der Waals surface area (Å²) >= 11 is 0. The number of ether oxygens (including phenoxy) is 1. The minimum atomic E-state index is -0.0354. The van der Waals surface area contributed by atoms with E-state index in [9.17, 15) is 4.79 Å². The highest BCUT2D eigenvalue weighted by Crippen LogP contribution is 2.14. The van der Waals surface area contributed by atoms with E-state index in [1.165, 1.54) is 0 Å². The summed E-state index contributed by atoms with van der Waals surface area (Å²) in [5.41, 5.74) is 1.75. The van der Waals surface area contributed by atoms with Crippen molar-refractivity contribution >= 4 is 35.8 Å². The number of amides is 1. The van der Waals surface area contributed by atoms with Crippen molar-refractivity contribution in [3.8, 4) is 0 Å². The summed E-state index contributed by atoms with van der Waals surface area (Å²) < 4.78 is 5.70. The predicted octanol–water partition coefficient (Wildman–Crippen LogP) is 2.63. The third-order valence-corrected chi connectivity index (χ3v) is 4.33. The van der Waals surface area contributed by atoms with Crippen LogP contribution in [-0.2, 0) is 11.3 Å². The molecule has 1 saturated heterocycles. The lowest BCUT2D eigenvalue weighted by atomic mass is 10.1. The zero-order valence-corrected chi connectivity index (χ0v) is 18.3. The van der Waals surface area contributed by atoms with Crippen LogP contribution in [0.2, 0.25) is 0 Å².